The monoisotopic (exact) mass is 618 g/mol. The van der Waals surface area contributed by atoms with Gasteiger partial charge >= 0.3 is 6.18 Å². The number of pyridine rings is 1. The summed E-state index contributed by atoms with van der Waals surface area (Å²) in [6.07, 6.45) is -3.26. The molecule has 220 valence electrons. The number of aromatic nitrogens is 1. The third-order valence-corrected chi connectivity index (χ3v) is 7.97. The Morgan fingerprint density at radius 3 is 2.61 bits per heavy atom. The highest BCUT2D eigenvalue weighted by Crippen LogP contribution is 2.40. The fraction of sp³-hybridized carbons (Fsp3) is 0.308. The molecule has 15 heteroatoms. The average molecular weight is 619 g/mol. The number of likely N-dealkylation sites (tertiary alicyclic amines) is 1. The highest BCUT2D eigenvalue weighted by Gasteiger charge is 2.35. The van der Waals surface area contributed by atoms with Crippen molar-refractivity contribution in [2.75, 3.05) is 31.6 Å². The smallest absolute Gasteiger partial charge is 0.417 e. The van der Waals surface area contributed by atoms with Crippen LogP contribution in [0.15, 0.2) is 53.7 Å². The van der Waals surface area contributed by atoms with Crippen molar-refractivity contribution in [2.45, 2.75) is 30.6 Å². The van der Waals surface area contributed by atoms with Crippen LogP contribution in [0.25, 0.3) is 0 Å². The second kappa shape index (κ2) is 12.3. The molecule has 0 spiro atoms. The second-order valence-corrected chi connectivity index (χ2v) is 11.3. The first-order chi connectivity index (χ1) is 19.3. The van der Waals surface area contributed by atoms with E-state index in [4.69, 9.17) is 16.3 Å². The number of rotatable bonds is 9. The van der Waals surface area contributed by atoms with Crippen LogP contribution in [0.3, 0.4) is 0 Å². The Morgan fingerprint density at radius 1 is 1.17 bits per heavy atom. The van der Waals surface area contributed by atoms with Gasteiger partial charge in [-0.15, -0.1) is 0 Å². The summed E-state index contributed by atoms with van der Waals surface area (Å²) in [5.41, 5.74) is -1.43. The molecule has 1 aliphatic heterocycles. The Labute approximate surface area is 237 Å². The zero-order valence-electron chi connectivity index (χ0n) is 21.4. The Balaban J connectivity index is 1.60. The number of halogens is 6. The van der Waals surface area contributed by atoms with Crippen LogP contribution in [0.1, 0.15) is 27.9 Å². The van der Waals surface area contributed by atoms with Crippen LogP contribution in [0.5, 0.6) is 11.5 Å². The Kier molecular flexibility index (Phi) is 9.16. The molecule has 4 rings (SSSR count). The first-order valence-corrected chi connectivity index (χ1v) is 14.1. The summed E-state index contributed by atoms with van der Waals surface area (Å²) in [7, 11) is -4.13. The number of alkyl halides is 4. The first kappa shape index (κ1) is 30.6. The molecule has 41 heavy (non-hydrogen) atoms. The predicted octanol–water partition coefficient (Wildman–Crippen LogP) is 5.57. The standard InChI is InChI=1S/C26H24ClF5N4O4S/c1-15-10-16(29)2-3-22(15)40-23-13-20(26(30,31)32)21(27)12-19(23)25(37)34-17-4-7-33-24(11-17)41(38,39)35-18-5-8-36(14-18)9-6-28/h2-4,7,10-13,18,35H,5-6,8-9,14H2,1H3,(H,33,34,37). The molecule has 3 aromatic rings. The minimum absolute atomic E-state index is 0.00347. The van der Waals surface area contributed by atoms with Gasteiger partial charge in [0, 0.05) is 37.1 Å². The predicted molar refractivity (Wildman–Crippen MR) is 141 cm³/mol. The zero-order valence-corrected chi connectivity index (χ0v) is 23.0. The van der Waals surface area contributed by atoms with Crippen LogP contribution in [0.2, 0.25) is 5.02 Å². The van der Waals surface area contributed by atoms with Gasteiger partial charge in [0.05, 0.1) is 16.1 Å². The zero-order chi connectivity index (χ0) is 29.9. The lowest BCUT2D eigenvalue weighted by Crippen LogP contribution is -2.37. The van der Waals surface area contributed by atoms with Gasteiger partial charge in [-0.1, -0.05) is 11.6 Å². The van der Waals surface area contributed by atoms with Crippen molar-refractivity contribution >= 4 is 33.2 Å². The molecule has 0 bridgehead atoms. The van der Waals surface area contributed by atoms with E-state index >= 15 is 0 Å². The number of ether oxygens (including phenoxy) is 1. The SMILES string of the molecule is Cc1cc(F)ccc1Oc1cc(C(F)(F)F)c(Cl)cc1C(=O)Nc1ccnc(S(=O)(=O)NC2CCN(CCF)C2)c1. The summed E-state index contributed by atoms with van der Waals surface area (Å²) in [4.78, 5) is 18.8. The van der Waals surface area contributed by atoms with Gasteiger partial charge in [-0.05, 0) is 61.9 Å². The number of nitrogens with zero attached hydrogens (tertiary/aromatic N) is 2. The van der Waals surface area contributed by atoms with E-state index in [1.165, 1.54) is 19.1 Å². The Bertz CT molecular complexity index is 1560. The van der Waals surface area contributed by atoms with Gasteiger partial charge in [0.1, 0.15) is 24.0 Å². The highest BCUT2D eigenvalue weighted by molar-refractivity contribution is 7.89. The van der Waals surface area contributed by atoms with Crippen LogP contribution in [-0.2, 0) is 16.2 Å². The van der Waals surface area contributed by atoms with Crippen LogP contribution in [0, 0.1) is 12.7 Å². The van der Waals surface area contributed by atoms with Gasteiger partial charge in [-0.25, -0.2) is 26.9 Å². The number of aryl methyl sites for hydroxylation is 1. The van der Waals surface area contributed by atoms with Crippen molar-refractivity contribution in [1.29, 1.82) is 0 Å². The molecule has 1 aromatic heterocycles. The third-order valence-electron chi connectivity index (χ3n) is 6.24. The topological polar surface area (TPSA) is 101 Å². The maximum absolute atomic E-state index is 13.6. The molecule has 2 heterocycles. The van der Waals surface area contributed by atoms with Crippen LogP contribution in [-0.4, -0.2) is 56.6 Å². The van der Waals surface area contributed by atoms with Gasteiger partial charge in [0.25, 0.3) is 15.9 Å². The van der Waals surface area contributed by atoms with Gasteiger partial charge < -0.3 is 10.1 Å². The van der Waals surface area contributed by atoms with E-state index in [1.54, 1.807) is 4.90 Å². The molecule has 1 saturated heterocycles. The number of sulfonamides is 1. The summed E-state index contributed by atoms with van der Waals surface area (Å²) in [5.74, 6) is -2.08. The van der Waals surface area contributed by atoms with Gasteiger partial charge in [0.2, 0.25) is 0 Å². The van der Waals surface area contributed by atoms with Crippen molar-refractivity contribution in [3.63, 3.8) is 0 Å². The molecule has 1 aliphatic rings. The van der Waals surface area contributed by atoms with E-state index in [0.29, 0.717) is 25.6 Å². The summed E-state index contributed by atoms with van der Waals surface area (Å²) < 4.78 is 101. The number of anilines is 1. The molecule has 1 unspecified atom stereocenters. The normalized spacial score (nSPS) is 16.1. The second-order valence-electron chi connectivity index (χ2n) is 9.27. The van der Waals surface area contributed by atoms with E-state index in [-0.39, 0.29) is 23.5 Å². The average Bonchev–Trinajstić information content (AvgIpc) is 3.32. The lowest BCUT2D eigenvalue weighted by atomic mass is 10.1. The molecular weight excluding hydrogens is 595 g/mol. The van der Waals surface area contributed by atoms with E-state index < -0.39 is 67.6 Å². The van der Waals surface area contributed by atoms with Crippen molar-refractivity contribution < 1.29 is 39.9 Å². The van der Waals surface area contributed by atoms with E-state index in [1.807, 2.05) is 0 Å². The Morgan fingerprint density at radius 2 is 1.93 bits per heavy atom. The molecule has 0 aliphatic carbocycles. The molecular formula is C26H24ClF5N4O4S. The number of amides is 1. The van der Waals surface area contributed by atoms with Crippen LogP contribution < -0.4 is 14.8 Å². The lowest BCUT2D eigenvalue weighted by Gasteiger charge is -2.17. The van der Waals surface area contributed by atoms with Gasteiger partial charge in [-0.2, -0.15) is 13.2 Å². The summed E-state index contributed by atoms with van der Waals surface area (Å²) in [6.45, 7) is 1.96. The minimum Gasteiger partial charge on any atom is -0.456 e. The fourth-order valence-electron chi connectivity index (χ4n) is 4.24. The summed E-state index contributed by atoms with van der Waals surface area (Å²) in [5, 5.41) is 1.24. The highest BCUT2D eigenvalue weighted by atomic mass is 35.5. The van der Waals surface area contributed by atoms with E-state index in [0.717, 1.165) is 30.5 Å². The van der Waals surface area contributed by atoms with Crippen molar-refractivity contribution in [2.24, 2.45) is 0 Å². The molecule has 1 amide bonds. The third kappa shape index (κ3) is 7.50. The van der Waals surface area contributed by atoms with Gasteiger partial charge in [0.15, 0.2) is 5.03 Å². The summed E-state index contributed by atoms with van der Waals surface area (Å²) >= 11 is 5.86. The number of carbonyl (C=O) groups excluding carboxylic acids is 1. The van der Waals surface area contributed by atoms with Crippen molar-refractivity contribution in [1.82, 2.24) is 14.6 Å². The molecule has 0 radical (unpaired) electrons. The maximum atomic E-state index is 13.6. The molecule has 0 saturated carbocycles. The maximum Gasteiger partial charge on any atom is 0.417 e. The summed E-state index contributed by atoms with van der Waals surface area (Å²) in [6, 6.07) is 6.57. The molecule has 2 N–H and O–H groups in total. The lowest BCUT2D eigenvalue weighted by molar-refractivity contribution is -0.137. The van der Waals surface area contributed by atoms with Crippen molar-refractivity contribution in [3.8, 4) is 11.5 Å². The largest absolute Gasteiger partial charge is 0.456 e. The molecule has 2 aromatic carbocycles. The number of carbonyl (C=O) groups is 1. The quantitative estimate of drug-likeness (QED) is 0.304. The Hall–Kier alpha value is -3.33. The number of benzene rings is 2. The molecule has 8 nitrogen and oxygen atoms in total. The minimum atomic E-state index is -4.87. The van der Waals surface area contributed by atoms with Crippen LogP contribution >= 0.6 is 11.6 Å². The molecule has 1 atom stereocenters. The number of hydrogen-bond donors (Lipinski definition) is 2. The van der Waals surface area contributed by atoms with Crippen molar-refractivity contribution in [3.05, 3.63) is 76.2 Å². The van der Waals surface area contributed by atoms with E-state index in [9.17, 15) is 35.2 Å². The molecule has 1 fully saturated rings. The fourth-order valence-corrected chi connectivity index (χ4v) is 5.75. The van der Waals surface area contributed by atoms with Crippen LogP contribution in [0.4, 0.5) is 27.6 Å². The number of nitrogens with one attached hydrogen (secondary N) is 2. The van der Waals surface area contributed by atoms with E-state index in [2.05, 4.69) is 15.0 Å². The number of hydrogen-bond acceptors (Lipinski definition) is 6. The first-order valence-electron chi connectivity index (χ1n) is 12.2. The van der Waals surface area contributed by atoms with Gasteiger partial charge in [-0.3, -0.25) is 9.69 Å².